The van der Waals surface area contributed by atoms with Gasteiger partial charge in [-0.1, -0.05) is 41.1 Å². The maximum Gasteiger partial charge on any atom is 0.137 e. The number of piperazine rings is 1. The largest absolute Gasteiger partial charge is 0.382 e. The van der Waals surface area contributed by atoms with E-state index >= 15 is 0 Å². The molecule has 1 fully saturated rings. The number of halogens is 3. The lowest BCUT2D eigenvalue weighted by molar-refractivity contribution is -0.0324. The van der Waals surface area contributed by atoms with Crippen molar-refractivity contribution < 1.29 is 13.9 Å². The third kappa shape index (κ3) is 6.19. The van der Waals surface area contributed by atoms with Gasteiger partial charge in [-0.2, -0.15) is 5.10 Å². The second-order valence-electron chi connectivity index (χ2n) is 9.30. The molecule has 12 heteroatoms. The monoisotopic (exact) mass is 528 g/mol. The third-order valence-corrected chi connectivity index (χ3v) is 6.90. The van der Waals surface area contributed by atoms with Gasteiger partial charge in [-0.3, -0.25) is 9.80 Å². The van der Waals surface area contributed by atoms with Crippen LogP contribution in [0.5, 0.6) is 0 Å². The first kappa shape index (κ1) is 25.4. The normalized spacial score (nSPS) is 16.6. The van der Waals surface area contributed by atoms with Crippen LogP contribution in [0.3, 0.4) is 0 Å². The first-order valence-corrected chi connectivity index (χ1v) is 12.3. The summed E-state index contributed by atoms with van der Waals surface area (Å²) in [6, 6.07) is 10.9. The van der Waals surface area contributed by atoms with Gasteiger partial charge in [0.25, 0.3) is 0 Å². The molecule has 2 aromatic heterocycles. The van der Waals surface area contributed by atoms with Gasteiger partial charge >= 0.3 is 0 Å². The Hall–Kier alpha value is -3.25. The second-order valence-corrected chi connectivity index (χ2v) is 9.71. The van der Waals surface area contributed by atoms with E-state index in [0.29, 0.717) is 31.2 Å². The molecular weight excluding hydrogens is 502 g/mol. The Morgan fingerprint density at radius 3 is 2.46 bits per heavy atom. The number of aromatic nitrogens is 6. The van der Waals surface area contributed by atoms with Crippen LogP contribution in [0.4, 0.5) is 8.78 Å². The Morgan fingerprint density at radius 1 is 0.946 bits per heavy atom. The van der Waals surface area contributed by atoms with E-state index in [0.717, 1.165) is 36.5 Å². The fourth-order valence-corrected chi connectivity index (χ4v) is 4.86. The summed E-state index contributed by atoms with van der Waals surface area (Å²) >= 11 is 6.25. The summed E-state index contributed by atoms with van der Waals surface area (Å²) in [6.45, 7) is 4.15. The van der Waals surface area contributed by atoms with E-state index in [1.54, 1.807) is 4.68 Å². The Bertz CT molecular complexity index is 1330. The molecule has 2 aromatic carbocycles. The van der Waals surface area contributed by atoms with Crippen molar-refractivity contribution in [2.24, 2.45) is 0 Å². The first-order chi connectivity index (χ1) is 17.9. The zero-order chi connectivity index (χ0) is 25.8. The smallest absolute Gasteiger partial charge is 0.137 e. The Morgan fingerprint density at radius 2 is 1.73 bits per heavy atom. The zero-order valence-electron chi connectivity index (χ0n) is 20.1. The van der Waals surface area contributed by atoms with Crippen LogP contribution in [0, 0.1) is 11.6 Å². The number of hydrogen-bond acceptors (Lipinski definition) is 7. The first-order valence-electron chi connectivity index (χ1n) is 12.0. The minimum absolute atomic E-state index is 0.00962. The quantitative estimate of drug-likeness (QED) is 0.357. The molecule has 1 saturated heterocycles. The van der Waals surface area contributed by atoms with E-state index in [1.807, 2.05) is 30.5 Å². The molecule has 0 radical (unpaired) electrons. The summed E-state index contributed by atoms with van der Waals surface area (Å²) in [5.41, 5.74) is 0.249. The van der Waals surface area contributed by atoms with Crippen LogP contribution >= 0.6 is 11.6 Å². The zero-order valence-corrected chi connectivity index (χ0v) is 20.8. The van der Waals surface area contributed by atoms with Crippen LogP contribution in [-0.4, -0.2) is 77.4 Å². The Kier molecular flexibility index (Phi) is 7.56. The lowest BCUT2D eigenvalue weighted by Crippen LogP contribution is -2.52. The highest BCUT2D eigenvalue weighted by molar-refractivity contribution is 6.31. The lowest BCUT2D eigenvalue weighted by Gasteiger charge is -2.39. The molecule has 3 heterocycles. The van der Waals surface area contributed by atoms with Gasteiger partial charge in [-0.05, 0) is 17.7 Å². The topological polar surface area (TPSA) is 88.1 Å². The number of benzene rings is 2. The molecule has 0 bridgehead atoms. The van der Waals surface area contributed by atoms with Gasteiger partial charge in [0.15, 0.2) is 0 Å². The summed E-state index contributed by atoms with van der Waals surface area (Å²) in [5.74, 6) is -1.48. The number of β-amino-alcohol motifs (C(OH)–C–C–N with tert-alkyl or cyclic N) is 1. The van der Waals surface area contributed by atoms with Crippen molar-refractivity contribution in [1.82, 2.24) is 39.6 Å². The van der Waals surface area contributed by atoms with Crippen LogP contribution < -0.4 is 0 Å². The Labute approximate surface area is 217 Å². The summed E-state index contributed by atoms with van der Waals surface area (Å²) < 4.78 is 31.5. The van der Waals surface area contributed by atoms with Crippen LogP contribution in [0.25, 0.3) is 0 Å². The highest BCUT2D eigenvalue weighted by Crippen LogP contribution is 2.28. The molecule has 1 N–H and O–H groups in total. The molecule has 1 aliphatic rings. The van der Waals surface area contributed by atoms with Gasteiger partial charge in [0.05, 0.1) is 25.0 Å². The molecule has 1 unspecified atom stereocenters. The molecule has 1 atom stereocenters. The number of hydrogen-bond donors (Lipinski definition) is 1. The average Bonchev–Trinajstić information content (AvgIpc) is 3.54. The minimum atomic E-state index is -1.62. The van der Waals surface area contributed by atoms with Gasteiger partial charge in [-0.15, -0.1) is 5.10 Å². The van der Waals surface area contributed by atoms with Crippen molar-refractivity contribution in [1.29, 1.82) is 0 Å². The number of nitrogens with zero attached hydrogens (tertiary/aromatic N) is 8. The highest BCUT2D eigenvalue weighted by Gasteiger charge is 2.36. The molecule has 0 amide bonds. The van der Waals surface area contributed by atoms with Crippen molar-refractivity contribution in [3.05, 3.63) is 94.8 Å². The maximum atomic E-state index is 14.7. The van der Waals surface area contributed by atoms with E-state index < -0.39 is 17.2 Å². The van der Waals surface area contributed by atoms with Crippen LogP contribution in [0.1, 0.15) is 16.8 Å². The third-order valence-electron chi connectivity index (χ3n) is 6.53. The average molecular weight is 529 g/mol. The molecule has 1 aliphatic heterocycles. The van der Waals surface area contributed by atoms with Crippen LogP contribution in [0.2, 0.25) is 5.02 Å². The predicted molar refractivity (Wildman–Crippen MR) is 133 cm³/mol. The molecule has 0 saturated carbocycles. The molecule has 9 nitrogen and oxygen atoms in total. The van der Waals surface area contributed by atoms with Gasteiger partial charge < -0.3 is 5.11 Å². The van der Waals surface area contributed by atoms with Crippen molar-refractivity contribution >= 4 is 11.6 Å². The van der Waals surface area contributed by atoms with Gasteiger partial charge in [0.1, 0.15) is 29.9 Å². The predicted octanol–water partition coefficient (Wildman–Crippen LogP) is 2.56. The minimum Gasteiger partial charge on any atom is -0.382 e. The summed E-state index contributed by atoms with van der Waals surface area (Å²) in [4.78, 5) is 8.24. The van der Waals surface area contributed by atoms with Crippen molar-refractivity contribution in [3.63, 3.8) is 0 Å². The van der Waals surface area contributed by atoms with Crippen molar-refractivity contribution in [3.8, 4) is 0 Å². The van der Waals surface area contributed by atoms with Crippen molar-refractivity contribution in [2.75, 3.05) is 32.7 Å². The fraction of sp³-hybridized carbons (Fsp3) is 0.360. The van der Waals surface area contributed by atoms with E-state index in [4.69, 9.17) is 11.6 Å². The molecule has 0 aliphatic carbocycles. The van der Waals surface area contributed by atoms with Gasteiger partial charge in [0.2, 0.25) is 0 Å². The van der Waals surface area contributed by atoms with Crippen LogP contribution in [-0.2, 0) is 25.2 Å². The summed E-state index contributed by atoms with van der Waals surface area (Å²) in [7, 11) is 0. The Balaban J connectivity index is 1.20. The maximum absolute atomic E-state index is 14.7. The second kappa shape index (κ2) is 11.0. The molecule has 0 spiro atoms. The number of aliphatic hydroxyl groups is 1. The SMILES string of the molecule is OC(CN1CCN(Cc2cn(Cc3ccccc3Cl)nn2)CC1)(Cn1cncn1)c1ccc(F)cc1F. The van der Waals surface area contributed by atoms with Crippen molar-refractivity contribution in [2.45, 2.75) is 25.2 Å². The van der Waals surface area contributed by atoms with E-state index in [-0.39, 0.29) is 18.7 Å². The highest BCUT2D eigenvalue weighted by atomic mass is 35.5. The van der Waals surface area contributed by atoms with E-state index in [2.05, 4.69) is 30.2 Å². The molecule has 5 rings (SSSR count). The molecule has 194 valence electrons. The standard InChI is InChI=1S/C25H27ClF2N8O/c26-23-4-2-1-3-19(23)12-35-14-21(31-32-35)13-33-7-9-34(10-8-33)15-25(37,16-36-18-29-17-30-36)22-6-5-20(27)11-24(22)28/h1-6,11,14,17-18,37H,7-10,12-13,15-16H2. The van der Waals surface area contributed by atoms with Gasteiger partial charge in [-0.25, -0.2) is 23.1 Å². The van der Waals surface area contributed by atoms with E-state index in [1.165, 1.54) is 23.4 Å². The fourth-order valence-electron chi connectivity index (χ4n) is 4.66. The number of rotatable bonds is 9. The van der Waals surface area contributed by atoms with E-state index in [9.17, 15) is 13.9 Å². The molecule has 37 heavy (non-hydrogen) atoms. The van der Waals surface area contributed by atoms with Gasteiger partial charge in [0, 0.05) is 55.9 Å². The summed E-state index contributed by atoms with van der Waals surface area (Å²) in [5, 5.41) is 24.9. The lowest BCUT2D eigenvalue weighted by atomic mass is 9.92. The molecule has 4 aromatic rings. The summed E-state index contributed by atoms with van der Waals surface area (Å²) in [6.07, 6.45) is 4.73. The molecular formula is C25H27ClF2N8O. The van der Waals surface area contributed by atoms with Crippen LogP contribution in [0.15, 0.2) is 61.3 Å².